The van der Waals surface area contributed by atoms with Crippen LogP contribution in [-0.4, -0.2) is 28.8 Å². The first-order valence-electron chi connectivity index (χ1n) is 7.72. The van der Waals surface area contributed by atoms with Crippen LogP contribution in [0.2, 0.25) is 0 Å². The molecular formula is C17H14FN3O5. The van der Waals surface area contributed by atoms with E-state index >= 15 is 0 Å². The predicted octanol–water partition coefficient (Wildman–Crippen LogP) is 2.22. The van der Waals surface area contributed by atoms with Crippen LogP contribution in [0.5, 0.6) is 5.75 Å². The van der Waals surface area contributed by atoms with Crippen molar-refractivity contribution >= 4 is 23.0 Å². The number of fused-ring (bicyclic) bond motifs is 2. The zero-order valence-corrected chi connectivity index (χ0v) is 13.4. The maximum atomic E-state index is 14.0. The molecule has 0 spiro atoms. The molecule has 3 N–H and O–H groups in total. The van der Waals surface area contributed by atoms with Gasteiger partial charge >= 0.3 is 0 Å². The van der Waals surface area contributed by atoms with Gasteiger partial charge in [-0.15, -0.1) is 0 Å². The van der Waals surface area contributed by atoms with Gasteiger partial charge in [0.05, 0.1) is 24.5 Å². The highest BCUT2D eigenvalue weighted by atomic mass is 19.1. The highest BCUT2D eigenvalue weighted by Gasteiger charge is 2.35. The number of nitrogens with zero attached hydrogens (tertiary/aromatic N) is 2. The number of rotatable bonds is 3. The molecule has 0 saturated heterocycles. The summed E-state index contributed by atoms with van der Waals surface area (Å²) < 4.78 is 24.6. The van der Waals surface area contributed by atoms with Crippen molar-refractivity contribution in [3.05, 3.63) is 52.8 Å². The van der Waals surface area contributed by atoms with Crippen LogP contribution in [-0.2, 0) is 22.7 Å². The van der Waals surface area contributed by atoms with Gasteiger partial charge in [-0.1, -0.05) is 5.16 Å². The van der Waals surface area contributed by atoms with Crippen molar-refractivity contribution in [1.82, 2.24) is 0 Å². The molecule has 2 aromatic carbocycles. The number of oxime groups is 1. The summed E-state index contributed by atoms with van der Waals surface area (Å²) in [6.07, 6.45) is 0. The lowest BCUT2D eigenvalue weighted by molar-refractivity contribution is -0.112. The number of nitrogens with one attached hydrogen (secondary N) is 1. The summed E-state index contributed by atoms with van der Waals surface area (Å²) in [6, 6.07) is 7.23. The van der Waals surface area contributed by atoms with Gasteiger partial charge in [0.15, 0.2) is 12.5 Å². The second kappa shape index (κ2) is 6.28. The van der Waals surface area contributed by atoms with Crippen molar-refractivity contribution in [1.29, 1.82) is 0 Å². The van der Waals surface area contributed by atoms with E-state index in [1.54, 1.807) is 6.07 Å². The minimum absolute atomic E-state index is 0.000170. The normalized spacial score (nSPS) is 17.1. The second-order valence-corrected chi connectivity index (χ2v) is 5.85. The fraction of sp³-hybridized carbons (Fsp3) is 0.176. The van der Waals surface area contributed by atoms with Crippen LogP contribution in [0.4, 0.5) is 15.8 Å². The van der Waals surface area contributed by atoms with E-state index in [2.05, 4.69) is 5.16 Å². The van der Waals surface area contributed by atoms with E-state index < -0.39 is 11.7 Å². The summed E-state index contributed by atoms with van der Waals surface area (Å²) in [5, 5.41) is 21.4. The van der Waals surface area contributed by atoms with E-state index in [1.165, 1.54) is 29.2 Å². The van der Waals surface area contributed by atoms with Crippen molar-refractivity contribution in [2.75, 3.05) is 17.2 Å². The van der Waals surface area contributed by atoms with Gasteiger partial charge in [0, 0.05) is 16.7 Å². The molecule has 2 aliphatic heterocycles. The van der Waals surface area contributed by atoms with Crippen LogP contribution in [0.3, 0.4) is 0 Å². The fourth-order valence-electron chi connectivity index (χ4n) is 3.18. The SMILES string of the molecule is O=C1/C(=N\O)c2ccc(NO)cc2N1Cc1cc(F)cc2c1OCOC2. The topological polar surface area (TPSA) is 104 Å². The van der Waals surface area contributed by atoms with Crippen molar-refractivity contribution < 1.29 is 29.1 Å². The molecular weight excluding hydrogens is 345 g/mol. The molecule has 2 aliphatic rings. The summed E-state index contributed by atoms with van der Waals surface area (Å²) in [4.78, 5) is 14.0. The lowest BCUT2D eigenvalue weighted by Crippen LogP contribution is -2.30. The Balaban J connectivity index is 1.78. The molecule has 0 aromatic heterocycles. The third-order valence-corrected chi connectivity index (χ3v) is 4.30. The molecule has 0 saturated carbocycles. The summed E-state index contributed by atoms with van der Waals surface area (Å²) in [5.41, 5.74) is 4.08. The average molecular weight is 359 g/mol. The Morgan fingerprint density at radius 3 is 2.92 bits per heavy atom. The summed E-state index contributed by atoms with van der Waals surface area (Å²) >= 11 is 0. The fourth-order valence-corrected chi connectivity index (χ4v) is 3.18. The Kier molecular flexibility index (Phi) is 3.94. The maximum Gasteiger partial charge on any atom is 0.281 e. The van der Waals surface area contributed by atoms with Crippen molar-refractivity contribution in [2.45, 2.75) is 13.2 Å². The molecule has 0 radical (unpaired) electrons. The van der Waals surface area contributed by atoms with Crippen molar-refractivity contribution in [3.63, 3.8) is 0 Å². The highest BCUT2D eigenvalue weighted by molar-refractivity contribution is 6.54. The second-order valence-electron chi connectivity index (χ2n) is 5.85. The standard InChI is InChI=1S/C17H14FN3O5/c18-11-3-9(16-10(4-11)7-25-8-26-16)6-21-14-5-12(19-23)1-2-13(14)15(20-24)17(21)22/h1-5,19,23-24H,6-8H2/b20-15-. The number of carbonyl (C=O) groups excluding carboxylic acids is 1. The Labute approximate surface area is 147 Å². The molecule has 8 nitrogen and oxygen atoms in total. The molecule has 9 heteroatoms. The third kappa shape index (κ3) is 2.54. The molecule has 134 valence electrons. The van der Waals surface area contributed by atoms with E-state index in [9.17, 15) is 14.4 Å². The highest BCUT2D eigenvalue weighted by Crippen LogP contribution is 2.36. The number of hydrogen-bond acceptors (Lipinski definition) is 7. The lowest BCUT2D eigenvalue weighted by atomic mass is 10.1. The van der Waals surface area contributed by atoms with E-state index in [0.717, 1.165) is 0 Å². The average Bonchev–Trinajstić information content (AvgIpc) is 2.92. The molecule has 0 unspecified atom stereocenters. The van der Waals surface area contributed by atoms with Gasteiger partial charge in [-0.3, -0.25) is 15.5 Å². The maximum absolute atomic E-state index is 14.0. The van der Waals surface area contributed by atoms with Crippen LogP contribution in [0, 0.1) is 5.82 Å². The quantitative estimate of drug-likeness (QED) is 0.573. The molecule has 2 heterocycles. The first-order chi connectivity index (χ1) is 12.6. The van der Waals surface area contributed by atoms with Crippen molar-refractivity contribution in [2.24, 2.45) is 5.16 Å². The van der Waals surface area contributed by atoms with E-state index in [0.29, 0.717) is 33.8 Å². The summed E-state index contributed by atoms with van der Waals surface area (Å²) in [6.45, 7) is 0.254. The number of ether oxygens (including phenoxy) is 2. The number of hydrogen-bond donors (Lipinski definition) is 3. The molecule has 4 rings (SSSR count). The van der Waals surface area contributed by atoms with Gasteiger partial charge in [0.2, 0.25) is 0 Å². The first-order valence-corrected chi connectivity index (χ1v) is 7.72. The van der Waals surface area contributed by atoms with Gasteiger partial charge in [0.25, 0.3) is 5.91 Å². The zero-order valence-electron chi connectivity index (χ0n) is 13.4. The van der Waals surface area contributed by atoms with E-state index in [-0.39, 0.29) is 25.7 Å². The molecule has 0 aliphatic carbocycles. The van der Waals surface area contributed by atoms with Gasteiger partial charge in [-0.25, -0.2) is 4.39 Å². The minimum Gasteiger partial charge on any atom is -0.467 e. The number of carbonyl (C=O) groups is 1. The largest absolute Gasteiger partial charge is 0.467 e. The van der Waals surface area contributed by atoms with E-state index in [1.807, 2.05) is 5.48 Å². The summed E-state index contributed by atoms with van der Waals surface area (Å²) in [5.74, 6) is -0.540. The predicted molar refractivity (Wildman–Crippen MR) is 88.0 cm³/mol. The molecule has 0 atom stereocenters. The van der Waals surface area contributed by atoms with Gasteiger partial charge in [0.1, 0.15) is 11.6 Å². The van der Waals surface area contributed by atoms with Gasteiger partial charge in [-0.05, 0) is 30.3 Å². The molecule has 0 bridgehead atoms. The van der Waals surface area contributed by atoms with Crippen LogP contribution in [0.1, 0.15) is 16.7 Å². The summed E-state index contributed by atoms with van der Waals surface area (Å²) in [7, 11) is 0. The third-order valence-electron chi connectivity index (χ3n) is 4.30. The smallest absolute Gasteiger partial charge is 0.281 e. The molecule has 0 fully saturated rings. The van der Waals surface area contributed by atoms with Crippen LogP contribution in [0.15, 0.2) is 35.5 Å². The Hall–Kier alpha value is -3.17. The number of benzene rings is 2. The lowest BCUT2D eigenvalue weighted by Gasteiger charge is -2.24. The Morgan fingerprint density at radius 2 is 2.15 bits per heavy atom. The monoisotopic (exact) mass is 359 g/mol. The Morgan fingerprint density at radius 1 is 1.31 bits per heavy atom. The van der Waals surface area contributed by atoms with E-state index in [4.69, 9.17) is 14.7 Å². The van der Waals surface area contributed by atoms with Crippen LogP contribution >= 0.6 is 0 Å². The molecule has 26 heavy (non-hydrogen) atoms. The number of amides is 1. The first kappa shape index (κ1) is 16.3. The number of halogens is 1. The van der Waals surface area contributed by atoms with Crippen LogP contribution in [0.25, 0.3) is 0 Å². The van der Waals surface area contributed by atoms with Crippen LogP contribution < -0.4 is 15.1 Å². The minimum atomic E-state index is -0.539. The molecule has 2 aromatic rings. The zero-order chi connectivity index (χ0) is 18.3. The Bertz CT molecular complexity index is 931. The van der Waals surface area contributed by atoms with Gasteiger partial charge in [-0.2, -0.15) is 0 Å². The van der Waals surface area contributed by atoms with Crippen molar-refractivity contribution in [3.8, 4) is 5.75 Å². The number of anilines is 2. The van der Waals surface area contributed by atoms with Gasteiger partial charge < -0.3 is 19.6 Å². The molecule has 1 amide bonds.